The van der Waals surface area contributed by atoms with E-state index < -0.39 is 41.5 Å². The van der Waals surface area contributed by atoms with Gasteiger partial charge in [-0.2, -0.15) is 0 Å². The van der Waals surface area contributed by atoms with E-state index in [-0.39, 0.29) is 0 Å². The van der Waals surface area contributed by atoms with Gasteiger partial charge in [-0.05, 0) is 45.4 Å². The van der Waals surface area contributed by atoms with Crippen molar-refractivity contribution in [3.05, 3.63) is 34.9 Å². The van der Waals surface area contributed by atoms with Gasteiger partial charge in [0.15, 0.2) is 0 Å². The predicted molar refractivity (Wildman–Crippen MR) is 95.5 cm³/mol. The third kappa shape index (κ3) is 4.32. The number of imide groups is 2. The Morgan fingerprint density at radius 3 is 2.31 bits per heavy atom. The van der Waals surface area contributed by atoms with Crippen LogP contribution < -0.4 is 16.0 Å². The Morgan fingerprint density at radius 2 is 1.77 bits per heavy atom. The third-order valence-corrected chi connectivity index (χ3v) is 3.99. The van der Waals surface area contributed by atoms with Crippen LogP contribution in [0.15, 0.2) is 24.3 Å². The number of urea groups is 2. The summed E-state index contributed by atoms with van der Waals surface area (Å²) in [6, 6.07) is 5.05. The first-order valence-electron chi connectivity index (χ1n) is 7.94. The number of amides is 6. The molecule has 3 N–H and O–H groups in total. The van der Waals surface area contributed by atoms with E-state index in [0.29, 0.717) is 10.6 Å². The molecule has 1 aromatic rings. The zero-order chi connectivity index (χ0) is 19.7. The SMILES string of the molecule is CC(C)(C)NC(=O)NC(=O)CN1C(=O)NC(C)(c2ccc(Cl)cc2)C1=O. The Balaban J connectivity index is 2.08. The maximum absolute atomic E-state index is 12.7. The standard InChI is InChI=1S/C17H21ClN4O4/c1-16(2,3)20-14(25)19-12(23)9-22-13(24)17(4,21-15(22)26)10-5-7-11(18)8-6-10/h5-8H,9H2,1-4H3,(H,21,26)(H2,19,20,23,25). The number of rotatable bonds is 3. The minimum absolute atomic E-state index is 0.496. The first-order chi connectivity index (χ1) is 11.9. The zero-order valence-electron chi connectivity index (χ0n) is 15.0. The van der Waals surface area contributed by atoms with Crippen LogP contribution >= 0.6 is 11.6 Å². The molecule has 1 aromatic carbocycles. The minimum Gasteiger partial charge on any atom is -0.333 e. The summed E-state index contributed by atoms with van der Waals surface area (Å²) in [5.41, 5.74) is -1.30. The zero-order valence-corrected chi connectivity index (χ0v) is 15.7. The molecule has 26 heavy (non-hydrogen) atoms. The maximum atomic E-state index is 12.7. The highest BCUT2D eigenvalue weighted by Gasteiger charge is 2.49. The van der Waals surface area contributed by atoms with Crippen molar-refractivity contribution < 1.29 is 19.2 Å². The summed E-state index contributed by atoms with van der Waals surface area (Å²) >= 11 is 5.85. The second-order valence-electron chi connectivity index (χ2n) is 7.21. The van der Waals surface area contributed by atoms with Crippen LogP contribution in [-0.4, -0.2) is 40.9 Å². The molecule has 0 saturated carbocycles. The van der Waals surface area contributed by atoms with Crippen LogP contribution in [-0.2, 0) is 15.1 Å². The van der Waals surface area contributed by atoms with Gasteiger partial charge in [-0.1, -0.05) is 23.7 Å². The average molecular weight is 381 g/mol. The number of nitrogens with one attached hydrogen (secondary N) is 3. The highest BCUT2D eigenvalue weighted by Crippen LogP contribution is 2.29. The van der Waals surface area contributed by atoms with Crippen molar-refractivity contribution in [2.45, 2.75) is 38.8 Å². The molecule has 140 valence electrons. The Kier molecular flexibility index (Phi) is 5.27. The van der Waals surface area contributed by atoms with E-state index in [4.69, 9.17) is 11.6 Å². The smallest absolute Gasteiger partial charge is 0.325 e. The lowest BCUT2D eigenvalue weighted by molar-refractivity contribution is -0.134. The van der Waals surface area contributed by atoms with Gasteiger partial charge in [0.1, 0.15) is 12.1 Å². The number of carbonyl (C=O) groups is 4. The molecule has 0 bridgehead atoms. The minimum atomic E-state index is -1.31. The van der Waals surface area contributed by atoms with Gasteiger partial charge in [0.2, 0.25) is 5.91 Å². The highest BCUT2D eigenvalue weighted by atomic mass is 35.5. The molecule has 1 heterocycles. The van der Waals surface area contributed by atoms with E-state index in [2.05, 4.69) is 16.0 Å². The van der Waals surface area contributed by atoms with Gasteiger partial charge in [-0.15, -0.1) is 0 Å². The van der Waals surface area contributed by atoms with Crippen molar-refractivity contribution in [3.8, 4) is 0 Å². The topological polar surface area (TPSA) is 108 Å². The fourth-order valence-electron chi connectivity index (χ4n) is 2.50. The summed E-state index contributed by atoms with van der Waals surface area (Å²) in [4.78, 5) is 49.4. The molecule has 1 atom stereocenters. The predicted octanol–water partition coefficient (Wildman–Crippen LogP) is 1.73. The summed E-state index contributed by atoms with van der Waals surface area (Å²) in [5.74, 6) is -1.35. The molecule has 9 heteroatoms. The highest BCUT2D eigenvalue weighted by molar-refractivity contribution is 6.30. The van der Waals surface area contributed by atoms with Crippen molar-refractivity contribution >= 4 is 35.5 Å². The lowest BCUT2D eigenvalue weighted by atomic mass is 9.92. The maximum Gasteiger partial charge on any atom is 0.325 e. The summed E-state index contributed by atoms with van der Waals surface area (Å²) in [6.45, 7) is 6.25. The Hall–Kier alpha value is -2.61. The molecule has 1 unspecified atom stereocenters. The second kappa shape index (κ2) is 6.95. The van der Waals surface area contributed by atoms with Crippen molar-refractivity contribution in [2.24, 2.45) is 0 Å². The van der Waals surface area contributed by atoms with Crippen molar-refractivity contribution in [2.75, 3.05) is 6.54 Å². The summed E-state index contributed by atoms with van der Waals surface area (Å²) in [6.07, 6.45) is 0. The fraction of sp³-hybridized carbons (Fsp3) is 0.412. The number of halogens is 1. The van der Waals surface area contributed by atoms with E-state index in [9.17, 15) is 19.2 Å². The van der Waals surface area contributed by atoms with E-state index >= 15 is 0 Å². The van der Waals surface area contributed by atoms with Crippen LogP contribution in [0.4, 0.5) is 9.59 Å². The molecular formula is C17H21ClN4O4. The third-order valence-electron chi connectivity index (χ3n) is 3.74. The van der Waals surface area contributed by atoms with Gasteiger partial charge in [0, 0.05) is 10.6 Å². The molecular weight excluding hydrogens is 360 g/mol. The van der Waals surface area contributed by atoms with E-state index in [1.165, 1.54) is 0 Å². The van der Waals surface area contributed by atoms with Crippen LogP contribution in [0, 0.1) is 0 Å². The molecule has 1 fully saturated rings. The lowest BCUT2D eigenvalue weighted by Crippen LogP contribution is -2.51. The van der Waals surface area contributed by atoms with Gasteiger partial charge in [0.05, 0.1) is 0 Å². The fourth-order valence-corrected chi connectivity index (χ4v) is 2.63. The van der Waals surface area contributed by atoms with Gasteiger partial charge < -0.3 is 10.6 Å². The largest absolute Gasteiger partial charge is 0.333 e. The van der Waals surface area contributed by atoms with Gasteiger partial charge in [-0.25, -0.2) is 9.59 Å². The Morgan fingerprint density at radius 1 is 1.19 bits per heavy atom. The second-order valence-corrected chi connectivity index (χ2v) is 7.64. The first kappa shape index (κ1) is 19.7. The van der Waals surface area contributed by atoms with Crippen LogP contribution in [0.5, 0.6) is 0 Å². The Labute approximate surface area is 156 Å². The van der Waals surface area contributed by atoms with Crippen LogP contribution in [0.2, 0.25) is 5.02 Å². The van der Waals surface area contributed by atoms with Crippen LogP contribution in [0.3, 0.4) is 0 Å². The van der Waals surface area contributed by atoms with Crippen molar-refractivity contribution in [1.29, 1.82) is 0 Å². The van der Waals surface area contributed by atoms with Crippen LogP contribution in [0.25, 0.3) is 0 Å². The number of hydrogen-bond acceptors (Lipinski definition) is 4. The Bertz CT molecular complexity index is 757. The van der Waals surface area contributed by atoms with Crippen molar-refractivity contribution in [1.82, 2.24) is 20.9 Å². The summed E-state index contributed by atoms with van der Waals surface area (Å²) in [7, 11) is 0. The molecule has 0 spiro atoms. The monoisotopic (exact) mass is 380 g/mol. The van der Waals surface area contributed by atoms with E-state index in [0.717, 1.165) is 4.90 Å². The normalized spacial score (nSPS) is 20.0. The summed E-state index contributed by atoms with van der Waals surface area (Å²) in [5, 5.41) is 7.73. The first-order valence-corrected chi connectivity index (χ1v) is 8.32. The average Bonchev–Trinajstić information content (AvgIpc) is 2.70. The molecule has 1 aliphatic heterocycles. The molecule has 0 aliphatic carbocycles. The molecule has 0 aromatic heterocycles. The van der Waals surface area contributed by atoms with Crippen LogP contribution in [0.1, 0.15) is 33.3 Å². The van der Waals surface area contributed by atoms with Crippen molar-refractivity contribution in [3.63, 3.8) is 0 Å². The van der Waals surface area contributed by atoms with Gasteiger partial charge >= 0.3 is 12.1 Å². The van der Waals surface area contributed by atoms with Gasteiger partial charge in [0.25, 0.3) is 5.91 Å². The molecule has 1 saturated heterocycles. The molecule has 1 aliphatic rings. The van der Waals surface area contributed by atoms with E-state index in [1.54, 1.807) is 52.0 Å². The lowest BCUT2D eigenvalue weighted by Gasteiger charge is -2.22. The number of nitrogens with zero attached hydrogens (tertiary/aromatic N) is 1. The number of carbonyl (C=O) groups excluding carboxylic acids is 4. The number of hydrogen-bond donors (Lipinski definition) is 3. The molecule has 6 amide bonds. The van der Waals surface area contributed by atoms with E-state index in [1.807, 2.05) is 0 Å². The van der Waals surface area contributed by atoms with Gasteiger partial charge in [-0.3, -0.25) is 19.8 Å². The molecule has 8 nitrogen and oxygen atoms in total. The summed E-state index contributed by atoms with van der Waals surface area (Å²) < 4.78 is 0. The quantitative estimate of drug-likeness (QED) is 0.694. The molecule has 0 radical (unpaired) electrons. The number of benzene rings is 1. The molecule has 2 rings (SSSR count).